The molecule has 178 valence electrons. The molecule has 0 bridgehead atoms. The van der Waals surface area contributed by atoms with Crippen LogP contribution in [0, 0.1) is 17.1 Å². The van der Waals surface area contributed by atoms with Gasteiger partial charge in [-0.3, -0.25) is 4.79 Å². The molecule has 0 aliphatic carbocycles. The van der Waals surface area contributed by atoms with Crippen molar-refractivity contribution in [2.75, 3.05) is 17.2 Å². The van der Waals surface area contributed by atoms with E-state index >= 15 is 0 Å². The highest BCUT2D eigenvalue weighted by Crippen LogP contribution is 2.35. The zero-order valence-electron chi connectivity index (χ0n) is 19.2. The Morgan fingerprint density at radius 2 is 1.86 bits per heavy atom. The van der Waals surface area contributed by atoms with Crippen LogP contribution in [-0.2, 0) is 11.2 Å². The van der Waals surface area contributed by atoms with Crippen LogP contribution in [0.1, 0.15) is 17.5 Å². The smallest absolute Gasteiger partial charge is 0.237 e. The Balaban J connectivity index is 1.52. The van der Waals surface area contributed by atoms with Crippen LogP contribution in [0.4, 0.5) is 10.1 Å². The van der Waals surface area contributed by atoms with Crippen molar-refractivity contribution in [2.24, 2.45) is 0 Å². The largest absolute Gasteiger partial charge is 0.311 e. The zero-order chi connectivity index (χ0) is 25.1. The molecule has 1 aliphatic rings. The third-order valence-electron chi connectivity index (χ3n) is 6.12. The van der Waals surface area contributed by atoms with Crippen LogP contribution in [0.25, 0.3) is 22.4 Å². The minimum absolute atomic E-state index is 0.0398. The summed E-state index contributed by atoms with van der Waals surface area (Å²) >= 11 is 7.29. The number of hydrogen-bond acceptors (Lipinski definition) is 4. The molecule has 2 heterocycles. The average Bonchev–Trinajstić information content (AvgIpc) is 2.91. The van der Waals surface area contributed by atoms with Gasteiger partial charge in [-0.15, -0.1) is 0 Å². The second-order valence-electron chi connectivity index (χ2n) is 8.43. The summed E-state index contributed by atoms with van der Waals surface area (Å²) in [5.41, 5.74) is 4.98. The number of pyridine rings is 1. The first-order chi connectivity index (χ1) is 17.5. The number of rotatable bonds is 5. The molecule has 0 unspecified atom stereocenters. The Bertz CT molecular complexity index is 1480. The standard InChI is InChI=1S/C29H21ClFN3OS/c30-22-12-10-19(11-13-22)26-16-24(21-6-3-8-23(31)15-21)25(17-32)29(33-26)36-18-28(35)34-14-4-7-20-5-1-2-9-27(20)34/h1-3,5-6,8-13,15-16H,4,7,14,18H2. The molecule has 4 nitrogen and oxygen atoms in total. The molecule has 0 fully saturated rings. The van der Waals surface area contributed by atoms with Gasteiger partial charge in [0.25, 0.3) is 0 Å². The van der Waals surface area contributed by atoms with Crippen LogP contribution in [0.5, 0.6) is 0 Å². The van der Waals surface area contributed by atoms with E-state index in [1.54, 1.807) is 30.3 Å². The van der Waals surface area contributed by atoms with Crippen molar-refractivity contribution in [1.29, 1.82) is 5.26 Å². The molecule has 3 aromatic carbocycles. The second-order valence-corrected chi connectivity index (χ2v) is 9.83. The van der Waals surface area contributed by atoms with Crippen molar-refractivity contribution in [3.63, 3.8) is 0 Å². The number of aryl methyl sites for hydroxylation is 1. The van der Waals surface area contributed by atoms with E-state index in [2.05, 4.69) is 12.1 Å². The van der Waals surface area contributed by atoms with Gasteiger partial charge in [-0.05, 0) is 60.4 Å². The van der Waals surface area contributed by atoms with Gasteiger partial charge in [0, 0.05) is 28.4 Å². The highest BCUT2D eigenvalue weighted by molar-refractivity contribution is 8.00. The normalized spacial score (nSPS) is 12.6. The Labute approximate surface area is 218 Å². The summed E-state index contributed by atoms with van der Waals surface area (Å²) in [6.45, 7) is 0.661. The molecular weight excluding hydrogens is 493 g/mol. The number of carbonyl (C=O) groups is 1. The van der Waals surface area contributed by atoms with Gasteiger partial charge >= 0.3 is 0 Å². The van der Waals surface area contributed by atoms with E-state index in [4.69, 9.17) is 16.6 Å². The molecule has 36 heavy (non-hydrogen) atoms. The van der Waals surface area contributed by atoms with E-state index in [-0.39, 0.29) is 11.7 Å². The van der Waals surface area contributed by atoms with E-state index in [1.165, 1.54) is 23.9 Å². The van der Waals surface area contributed by atoms with E-state index in [9.17, 15) is 14.4 Å². The van der Waals surface area contributed by atoms with E-state index in [1.807, 2.05) is 35.2 Å². The first-order valence-electron chi connectivity index (χ1n) is 11.5. The van der Waals surface area contributed by atoms with Crippen LogP contribution in [-0.4, -0.2) is 23.2 Å². The lowest BCUT2D eigenvalue weighted by Gasteiger charge is -2.29. The summed E-state index contributed by atoms with van der Waals surface area (Å²) in [5, 5.41) is 11.1. The highest BCUT2D eigenvalue weighted by atomic mass is 35.5. The van der Waals surface area contributed by atoms with Crippen LogP contribution in [0.2, 0.25) is 5.02 Å². The molecular formula is C29H21ClFN3OS. The summed E-state index contributed by atoms with van der Waals surface area (Å²) in [7, 11) is 0. The van der Waals surface area contributed by atoms with Crippen LogP contribution in [0.3, 0.4) is 0 Å². The third kappa shape index (κ3) is 4.99. The van der Waals surface area contributed by atoms with E-state index in [0.717, 1.165) is 29.7 Å². The Kier molecular flexibility index (Phi) is 7.04. The Hall–Kier alpha value is -3.66. The molecule has 1 aromatic heterocycles. The van der Waals surface area contributed by atoms with Gasteiger partial charge in [0.05, 0.1) is 17.0 Å². The van der Waals surface area contributed by atoms with Crippen molar-refractivity contribution in [3.8, 4) is 28.5 Å². The number of fused-ring (bicyclic) bond motifs is 1. The highest BCUT2D eigenvalue weighted by Gasteiger charge is 2.23. The lowest BCUT2D eigenvalue weighted by atomic mass is 9.99. The number of nitriles is 1. The Morgan fingerprint density at radius 3 is 2.64 bits per heavy atom. The fourth-order valence-corrected chi connectivity index (χ4v) is 5.39. The molecule has 0 spiro atoms. The van der Waals surface area contributed by atoms with Gasteiger partial charge in [0.1, 0.15) is 16.9 Å². The molecule has 1 amide bonds. The number of thioether (sulfide) groups is 1. The topological polar surface area (TPSA) is 57.0 Å². The van der Waals surface area contributed by atoms with Crippen molar-refractivity contribution < 1.29 is 9.18 Å². The van der Waals surface area contributed by atoms with E-state index < -0.39 is 5.82 Å². The van der Waals surface area contributed by atoms with Gasteiger partial charge in [0.2, 0.25) is 5.91 Å². The molecule has 0 radical (unpaired) electrons. The molecule has 1 aliphatic heterocycles. The molecule has 4 aromatic rings. The van der Waals surface area contributed by atoms with Crippen LogP contribution >= 0.6 is 23.4 Å². The van der Waals surface area contributed by atoms with E-state index in [0.29, 0.717) is 39.0 Å². The minimum Gasteiger partial charge on any atom is -0.311 e. The number of hydrogen-bond donors (Lipinski definition) is 0. The number of carbonyl (C=O) groups excluding carboxylic acids is 1. The third-order valence-corrected chi connectivity index (χ3v) is 7.33. The maximum absolute atomic E-state index is 14.1. The van der Waals surface area contributed by atoms with Crippen LogP contribution < -0.4 is 4.90 Å². The minimum atomic E-state index is -0.394. The molecule has 7 heteroatoms. The molecule has 5 rings (SSSR count). The number of para-hydroxylation sites is 1. The van der Waals surface area contributed by atoms with Crippen molar-refractivity contribution in [1.82, 2.24) is 4.98 Å². The molecule has 0 saturated heterocycles. The van der Waals surface area contributed by atoms with Crippen LogP contribution in [0.15, 0.2) is 83.9 Å². The Morgan fingerprint density at radius 1 is 1.06 bits per heavy atom. The zero-order valence-corrected chi connectivity index (χ0v) is 20.8. The monoisotopic (exact) mass is 513 g/mol. The summed E-state index contributed by atoms with van der Waals surface area (Å²) in [6, 6.07) is 25.3. The maximum Gasteiger partial charge on any atom is 0.237 e. The molecule has 0 atom stereocenters. The van der Waals surface area contributed by atoms with Gasteiger partial charge in [-0.25, -0.2) is 9.37 Å². The van der Waals surface area contributed by atoms with Crippen molar-refractivity contribution in [3.05, 3.63) is 101 Å². The fraction of sp³-hybridized carbons (Fsp3) is 0.138. The predicted octanol–water partition coefficient (Wildman–Crippen LogP) is 7.15. The first kappa shape index (κ1) is 24.1. The first-order valence-corrected chi connectivity index (χ1v) is 12.9. The summed E-state index contributed by atoms with van der Waals surface area (Å²) in [6.07, 6.45) is 1.86. The van der Waals surface area contributed by atoms with Crippen molar-refractivity contribution >= 4 is 35.0 Å². The number of nitrogens with zero attached hydrogens (tertiary/aromatic N) is 3. The number of benzene rings is 3. The summed E-state index contributed by atoms with van der Waals surface area (Å²) < 4.78 is 14.1. The second kappa shape index (κ2) is 10.5. The summed E-state index contributed by atoms with van der Waals surface area (Å²) in [4.78, 5) is 19.8. The number of aromatic nitrogens is 1. The lowest BCUT2D eigenvalue weighted by molar-refractivity contribution is -0.116. The molecule has 0 N–H and O–H groups in total. The molecule has 0 saturated carbocycles. The predicted molar refractivity (Wildman–Crippen MR) is 143 cm³/mol. The van der Waals surface area contributed by atoms with Gasteiger partial charge in [-0.1, -0.05) is 65.8 Å². The number of amides is 1. The fourth-order valence-electron chi connectivity index (χ4n) is 4.39. The SMILES string of the molecule is N#Cc1c(-c2cccc(F)c2)cc(-c2ccc(Cl)cc2)nc1SCC(=O)N1CCCc2ccccc21. The van der Waals surface area contributed by atoms with Gasteiger partial charge < -0.3 is 4.90 Å². The average molecular weight is 514 g/mol. The van der Waals surface area contributed by atoms with Gasteiger partial charge in [0.15, 0.2) is 0 Å². The summed E-state index contributed by atoms with van der Waals surface area (Å²) in [5.74, 6) is -0.306. The maximum atomic E-state index is 14.1. The lowest BCUT2D eigenvalue weighted by Crippen LogP contribution is -2.36. The number of halogens is 2. The van der Waals surface area contributed by atoms with Crippen molar-refractivity contribution in [2.45, 2.75) is 17.9 Å². The number of anilines is 1. The quantitative estimate of drug-likeness (QED) is 0.266. The van der Waals surface area contributed by atoms with Gasteiger partial charge in [-0.2, -0.15) is 5.26 Å².